The number of nitrogens with one attached hydrogen (secondary N) is 1. The molecule has 0 saturated heterocycles. The highest BCUT2D eigenvalue weighted by Crippen LogP contribution is 2.38. The Morgan fingerprint density at radius 3 is 2.59 bits per heavy atom. The number of anilines is 2. The van der Waals surface area contributed by atoms with Gasteiger partial charge in [0, 0.05) is 17.1 Å². The SMILES string of the molecule is COc1ccc(-c2nc3c4ccccc4nc(Nc4ccccnc4=O)n3n2)cc1C(F)(F)F. The summed E-state index contributed by atoms with van der Waals surface area (Å²) >= 11 is 0. The first-order valence-corrected chi connectivity index (χ1v) is 9.98. The van der Waals surface area contributed by atoms with Crippen LogP contribution in [-0.2, 0) is 6.18 Å². The molecule has 0 fully saturated rings. The predicted molar refractivity (Wildman–Crippen MR) is 119 cm³/mol. The van der Waals surface area contributed by atoms with Gasteiger partial charge in [-0.1, -0.05) is 18.2 Å². The van der Waals surface area contributed by atoms with E-state index in [1.54, 1.807) is 36.4 Å². The molecule has 0 unspecified atom stereocenters. The van der Waals surface area contributed by atoms with Crippen molar-refractivity contribution < 1.29 is 17.9 Å². The number of alkyl halides is 3. The topological polar surface area (TPSA) is 94.3 Å². The lowest BCUT2D eigenvalue weighted by Crippen LogP contribution is -2.11. The van der Waals surface area contributed by atoms with E-state index in [2.05, 4.69) is 25.4 Å². The molecule has 0 aliphatic carbocycles. The molecule has 170 valence electrons. The van der Waals surface area contributed by atoms with Gasteiger partial charge in [0.05, 0.1) is 18.2 Å². The van der Waals surface area contributed by atoms with Gasteiger partial charge in [-0.05, 0) is 42.5 Å². The fraction of sp³-hybridized carbons (Fsp3) is 0.0870. The number of nitrogens with zero attached hydrogens (tertiary/aromatic N) is 5. The van der Waals surface area contributed by atoms with Gasteiger partial charge >= 0.3 is 6.18 Å². The van der Waals surface area contributed by atoms with E-state index in [4.69, 9.17) is 4.74 Å². The van der Waals surface area contributed by atoms with Gasteiger partial charge < -0.3 is 10.1 Å². The largest absolute Gasteiger partial charge is 0.496 e. The second kappa shape index (κ2) is 8.10. The average Bonchev–Trinajstić information content (AvgIpc) is 3.18. The average molecular weight is 464 g/mol. The highest BCUT2D eigenvalue weighted by Gasteiger charge is 2.35. The van der Waals surface area contributed by atoms with E-state index >= 15 is 0 Å². The third-order valence-corrected chi connectivity index (χ3v) is 5.07. The van der Waals surface area contributed by atoms with Crippen LogP contribution in [0.15, 0.2) is 71.7 Å². The first-order valence-electron chi connectivity index (χ1n) is 9.98. The van der Waals surface area contributed by atoms with E-state index in [-0.39, 0.29) is 28.8 Å². The molecule has 2 aromatic carbocycles. The summed E-state index contributed by atoms with van der Waals surface area (Å²) in [4.78, 5) is 25.1. The molecule has 3 heterocycles. The number of hydrogen-bond donors (Lipinski definition) is 1. The molecule has 0 atom stereocenters. The van der Waals surface area contributed by atoms with E-state index in [0.29, 0.717) is 16.6 Å². The van der Waals surface area contributed by atoms with Gasteiger partial charge in [-0.2, -0.15) is 17.7 Å². The van der Waals surface area contributed by atoms with Crippen molar-refractivity contribution in [2.24, 2.45) is 0 Å². The van der Waals surface area contributed by atoms with Crippen molar-refractivity contribution in [2.75, 3.05) is 12.4 Å². The Balaban J connectivity index is 1.73. The number of ether oxygens (including phenoxy) is 1. The zero-order valence-electron chi connectivity index (χ0n) is 17.5. The van der Waals surface area contributed by atoms with Gasteiger partial charge in [-0.15, -0.1) is 5.10 Å². The maximum absolute atomic E-state index is 13.5. The highest BCUT2D eigenvalue weighted by molar-refractivity contribution is 5.93. The number of benzene rings is 2. The molecule has 0 saturated carbocycles. The monoisotopic (exact) mass is 464 g/mol. The number of rotatable bonds is 4. The number of hydrogen-bond acceptors (Lipinski definition) is 7. The lowest BCUT2D eigenvalue weighted by atomic mass is 10.1. The summed E-state index contributed by atoms with van der Waals surface area (Å²) in [5.41, 5.74) is -0.250. The Bertz CT molecular complexity index is 1600. The van der Waals surface area contributed by atoms with Crippen LogP contribution in [0.2, 0.25) is 0 Å². The van der Waals surface area contributed by atoms with Crippen LogP contribution in [0.4, 0.5) is 24.8 Å². The number of para-hydroxylation sites is 1. The molecule has 11 heteroatoms. The van der Waals surface area contributed by atoms with Crippen molar-refractivity contribution >= 4 is 28.2 Å². The molecule has 34 heavy (non-hydrogen) atoms. The first kappa shape index (κ1) is 21.3. The molecule has 0 aliphatic rings. The van der Waals surface area contributed by atoms with Crippen LogP contribution < -0.4 is 15.6 Å². The van der Waals surface area contributed by atoms with Crippen molar-refractivity contribution in [3.8, 4) is 17.1 Å². The van der Waals surface area contributed by atoms with Gasteiger partial charge in [0.15, 0.2) is 11.5 Å². The van der Waals surface area contributed by atoms with E-state index in [1.165, 1.54) is 36.0 Å². The minimum absolute atomic E-state index is 0.0495. The minimum Gasteiger partial charge on any atom is -0.496 e. The number of methoxy groups -OCH3 is 1. The molecule has 0 amide bonds. The van der Waals surface area contributed by atoms with Crippen LogP contribution in [0, 0.1) is 0 Å². The summed E-state index contributed by atoms with van der Waals surface area (Å²) in [6.07, 6.45) is -3.26. The Morgan fingerprint density at radius 2 is 1.79 bits per heavy atom. The second-order valence-corrected chi connectivity index (χ2v) is 7.21. The lowest BCUT2D eigenvalue weighted by molar-refractivity contribution is -0.138. The van der Waals surface area contributed by atoms with Crippen LogP contribution >= 0.6 is 0 Å². The molecule has 5 aromatic rings. The quantitative estimate of drug-likeness (QED) is 0.419. The molecule has 5 rings (SSSR count). The van der Waals surface area contributed by atoms with Gasteiger partial charge in [-0.25, -0.2) is 15.0 Å². The van der Waals surface area contributed by atoms with Crippen molar-refractivity contribution in [1.82, 2.24) is 24.6 Å². The predicted octanol–water partition coefficient (Wildman–Crippen LogP) is 4.47. The van der Waals surface area contributed by atoms with Crippen LogP contribution in [0.25, 0.3) is 27.9 Å². The fourth-order valence-corrected chi connectivity index (χ4v) is 3.50. The van der Waals surface area contributed by atoms with Crippen LogP contribution in [0.5, 0.6) is 5.75 Å². The summed E-state index contributed by atoms with van der Waals surface area (Å²) in [6, 6.07) is 15.5. The Labute approximate surface area is 189 Å². The summed E-state index contributed by atoms with van der Waals surface area (Å²) in [5.74, 6) is -0.0996. The molecule has 0 spiro atoms. The fourth-order valence-electron chi connectivity index (χ4n) is 3.50. The standard InChI is InChI=1S/C23H15F3N6O2/c1-34-18-10-9-13(12-15(18)23(24,25)26)19-30-20-14-6-2-3-7-16(14)28-22(32(20)31-19)29-17-8-4-5-11-27-21(17)33/h2-12H,1H3,(H,27,28,29,33). The summed E-state index contributed by atoms with van der Waals surface area (Å²) in [5, 5.41) is 7.96. The summed E-state index contributed by atoms with van der Waals surface area (Å²) in [6.45, 7) is 0. The normalized spacial score (nSPS) is 11.6. The zero-order valence-corrected chi connectivity index (χ0v) is 17.5. The Morgan fingerprint density at radius 1 is 1.00 bits per heavy atom. The molecular formula is C23H15F3N6O2. The minimum atomic E-state index is -4.62. The number of fused-ring (bicyclic) bond motifs is 3. The van der Waals surface area contributed by atoms with Crippen LogP contribution in [0.3, 0.4) is 0 Å². The number of aromatic nitrogens is 5. The zero-order chi connectivity index (χ0) is 23.9. The molecular weight excluding hydrogens is 449 g/mol. The van der Waals surface area contributed by atoms with Gasteiger partial charge in [0.1, 0.15) is 11.4 Å². The smallest absolute Gasteiger partial charge is 0.419 e. The van der Waals surface area contributed by atoms with Crippen LogP contribution in [0.1, 0.15) is 5.56 Å². The maximum atomic E-state index is 13.5. The Hall–Kier alpha value is -4.54. The highest BCUT2D eigenvalue weighted by atomic mass is 19.4. The second-order valence-electron chi connectivity index (χ2n) is 7.21. The molecule has 3 aromatic heterocycles. The van der Waals surface area contributed by atoms with Crippen molar-refractivity contribution in [2.45, 2.75) is 6.18 Å². The van der Waals surface area contributed by atoms with E-state index in [0.717, 1.165) is 6.07 Å². The summed E-state index contributed by atoms with van der Waals surface area (Å²) in [7, 11) is 1.17. The molecule has 0 bridgehead atoms. The van der Waals surface area contributed by atoms with Gasteiger partial charge in [0.2, 0.25) is 5.95 Å². The molecule has 0 aliphatic heterocycles. The van der Waals surface area contributed by atoms with Crippen LogP contribution in [-0.4, -0.2) is 31.7 Å². The lowest BCUT2D eigenvalue weighted by Gasteiger charge is -2.12. The van der Waals surface area contributed by atoms with Crippen molar-refractivity contribution in [3.05, 3.63) is 82.8 Å². The van der Waals surface area contributed by atoms with Crippen molar-refractivity contribution in [1.29, 1.82) is 0 Å². The van der Waals surface area contributed by atoms with E-state index in [9.17, 15) is 18.0 Å². The summed E-state index contributed by atoms with van der Waals surface area (Å²) < 4.78 is 46.8. The number of halogens is 3. The molecule has 8 nitrogen and oxygen atoms in total. The van der Waals surface area contributed by atoms with Gasteiger partial charge in [-0.3, -0.25) is 4.79 Å². The first-order chi connectivity index (χ1) is 16.3. The van der Waals surface area contributed by atoms with E-state index < -0.39 is 17.3 Å². The third-order valence-electron chi connectivity index (χ3n) is 5.07. The van der Waals surface area contributed by atoms with Crippen molar-refractivity contribution in [3.63, 3.8) is 0 Å². The van der Waals surface area contributed by atoms with Gasteiger partial charge in [0.25, 0.3) is 5.56 Å². The van der Waals surface area contributed by atoms with E-state index in [1.807, 2.05) is 0 Å². The third kappa shape index (κ3) is 3.76. The Kier molecular flexibility index (Phi) is 5.08. The molecule has 1 N–H and O–H groups in total. The molecule has 0 radical (unpaired) electrons. The maximum Gasteiger partial charge on any atom is 0.419 e.